The van der Waals surface area contributed by atoms with Crippen molar-refractivity contribution in [1.29, 1.82) is 0 Å². The second-order valence-corrected chi connectivity index (χ2v) is 7.36. The number of benzene rings is 2. The molecule has 3 rings (SSSR count). The fraction of sp³-hybridized carbons (Fsp3) is 0.273. The number of amides is 4. The summed E-state index contributed by atoms with van der Waals surface area (Å²) in [6.07, 6.45) is -0.461. The summed E-state index contributed by atoms with van der Waals surface area (Å²) in [5, 5.41) is 3.20. The molecular formula is C22H23N3O5. The number of nitrogens with one attached hydrogen (secondary N) is 2. The third-order valence-electron chi connectivity index (χ3n) is 4.54. The zero-order chi connectivity index (χ0) is 21.7. The van der Waals surface area contributed by atoms with Crippen LogP contribution in [0.4, 0.5) is 4.79 Å². The molecule has 1 heterocycles. The molecule has 0 fully saturated rings. The molecule has 0 unspecified atom stereocenters. The molecule has 0 aliphatic carbocycles. The number of alkyl carbamates (subject to hydrolysis) is 1. The van der Waals surface area contributed by atoms with Crippen molar-refractivity contribution < 1.29 is 23.9 Å². The molecule has 8 heteroatoms. The minimum atomic E-state index is -0.974. The molecule has 2 N–H and O–H groups in total. The Bertz CT molecular complexity index is 923. The summed E-state index contributed by atoms with van der Waals surface area (Å²) in [6.45, 7) is 3.83. The highest BCUT2D eigenvalue weighted by molar-refractivity contribution is 6.21. The summed E-state index contributed by atoms with van der Waals surface area (Å²) in [4.78, 5) is 49.9. The van der Waals surface area contributed by atoms with Crippen molar-refractivity contribution in [2.45, 2.75) is 32.9 Å². The second kappa shape index (κ2) is 9.21. The van der Waals surface area contributed by atoms with E-state index in [1.807, 2.05) is 44.2 Å². The number of imide groups is 1. The average Bonchev–Trinajstić information content (AvgIpc) is 2.97. The zero-order valence-corrected chi connectivity index (χ0v) is 16.8. The van der Waals surface area contributed by atoms with Crippen molar-refractivity contribution in [3.63, 3.8) is 0 Å². The number of carbonyl (C=O) groups is 4. The maximum Gasteiger partial charge on any atom is 0.408 e. The summed E-state index contributed by atoms with van der Waals surface area (Å²) < 4.78 is 5.18. The number of ether oxygens (including phenoxy) is 1. The van der Waals surface area contributed by atoms with E-state index in [-0.39, 0.29) is 23.7 Å². The first-order valence-electron chi connectivity index (χ1n) is 9.62. The van der Waals surface area contributed by atoms with E-state index in [9.17, 15) is 19.2 Å². The van der Waals surface area contributed by atoms with Gasteiger partial charge in [0, 0.05) is 0 Å². The molecule has 0 bridgehead atoms. The van der Waals surface area contributed by atoms with Crippen LogP contribution in [0.5, 0.6) is 0 Å². The van der Waals surface area contributed by atoms with Crippen LogP contribution in [0.1, 0.15) is 46.5 Å². The van der Waals surface area contributed by atoms with Crippen LogP contribution in [0.2, 0.25) is 0 Å². The van der Waals surface area contributed by atoms with Crippen LogP contribution in [0.15, 0.2) is 54.6 Å². The lowest BCUT2D eigenvalue weighted by atomic mass is 10.0. The molecule has 2 aromatic rings. The Hall–Kier alpha value is -3.68. The van der Waals surface area contributed by atoms with E-state index in [0.29, 0.717) is 11.4 Å². The molecule has 4 amide bonds. The van der Waals surface area contributed by atoms with Crippen LogP contribution in [-0.4, -0.2) is 34.9 Å². The molecule has 156 valence electrons. The normalized spacial score (nSPS) is 13.8. The standard InChI is InChI=1S/C22H23N3O5/c1-14(2)12-18(23-22(29)30-13-15-8-4-3-5-9-15)19(26)24-25-20(27)16-10-6-7-11-17(16)21(25)28/h3-11,14,18H,12-13H2,1-2H3,(H,23,29)(H,24,26)/t18-/m0/s1. The molecule has 2 aromatic carbocycles. The minimum absolute atomic E-state index is 0.0566. The number of fused-ring (bicyclic) bond motifs is 1. The quantitative estimate of drug-likeness (QED) is 0.684. The first-order chi connectivity index (χ1) is 14.4. The van der Waals surface area contributed by atoms with E-state index < -0.39 is 29.9 Å². The van der Waals surface area contributed by atoms with Crippen molar-refractivity contribution in [1.82, 2.24) is 15.8 Å². The SMILES string of the molecule is CC(C)C[C@H](NC(=O)OCc1ccccc1)C(=O)NN1C(=O)c2ccccc2C1=O. The number of nitrogens with zero attached hydrogens (tertiary/aromatic N) is 1. The Morgan fingerprint density at radius 3 is 2.07 bits per heavy atom. The first-order valence-corrected chi connectivity index (χ1v) is 9.62. The van der Waals surface area contributed by atoms with E-state index in [0.717, 1.165) is 5.56 Å². The van der Waals surface area contributed by atoms with Gasteiger partial charge in [-0.05, 0) is 30.0 Å². The molecule has 0 radical (unpaired) electrons. The van der Waals surface area contributed by atoms with Crippen LogP contribution in [0.25, 0.3) is 0 Å². The van der Waals surface area contributed by atoms with Gasteiger partial charge in [-0.25, -0.2) is 4.79 Å². The van der Waals surface area contributed by atoms with Gasteiger partial charge in [0.05, 0.1) is 11.1 Å². The predicted molar refractivity (Wildman–Crippen MR) is 108 cm³/mol. The topological polar surface area (TPSA) is 105 Å². The summed E-state index contributed by atoms with van der Waals surface area (Å²) >= 11 is 0. The van der Waals surface area contributed by atoms with Crippen molar-refractivity contribution in [2.75, 3.05) is 0 Å². The summed E-state index contributed by atoms with van der Waals surface area (Å²) in [7, 11) is 0. The molecule has 30 heavy (non-hydrogen) atoms. The summed E-state index contributed by atoms with van der Waals surface area (Å²) in [5.74, 6) is -1.83. The molecule has 0 saturated heterocycles. The molecule has 8 nitrogen and oxygen atoms in total. The maximum absolute atomic E-state index is 12.8. The average molecular weight is 409 g/mol. The predicted octanol–water partition coefficient (Wildman–Crippen LogP) is 2.65. The van der Waals surface area contributed by atoms with Crippen molar-refractivity contribution in [2.24, 2.45) is 5.92 Å². The van der Waals surface area contributed by atoms with Gasteiger partial charge in [-0.1, -0.05) is 56.3 Å². The highest BCUT2D eigenvalue weighted by Crippen LogP contribution is 2.21. The fourth-order valence-corrected chi connectivity index (χ4v) is 3.09. The Morgan fingerprint density at radius 1 is 0.933 bits per heavy atom. The summed E-state index contributed by atoms with van der Waals surface area (Å²) in [5.41, 5.74) is 3.59. The van der Waals surface area contributed by atoms with E-state index in [2.05, 4.69) is 10.7 Å². The van der Waals surface area contributed by atoms with Crippen LogP contribution < -0.4 is 10.7 Å². The second-order valence-electron chi connectivity index (χ2n) is 7.36. The van der Waals surface area contributed by atoms with Gasteiger partial charge in [-0.2, -0.15) is 5.01 Å². The Labute approximate surface area is 174 Å². The Morgan fingerprint density at radius 2 is 1.50 bits per heavy atom. The monoisotopic (exact) mass is 409 g/mol. The lowest BCUT2D eigenvalue weighted by molar-refractivity contribution is -0.126. The number of rotatable bonds is 7. The van der Waals surface area contributed by atoms with Gasteiger partial charge in [-0.3, -0.25) is 19.8 Å². The van der Waals surface area contributed by atoms with Gasteiger partial charge in [0.2, 0.25) is 0 Å². The van der Waals surface area contributed by atoms with Crippen molar-refractivity contribution in [3.8, 4) is 0 Å². The van der Waals surface area contributed by atoms with Crippen molar-refractivity contribution >= 4 is 23.8 Å². The van der Waals surface area contributed by atoms with E-state index in [1.165, 1.54) is 12.1 Å². The molecule has 1 aliphatic rings. The maximum atomic E-state index is 12.8. The fourth-order valence-electron chi connectivity index (χ4n) is 3.09. The highest BCUT2D eigenvalue weighted by Gasteiger charge is 2.38. The number of hydrazine groups is 1. The molecule has 0 spiro atoms. The summed E-state index contributed by atoms with van der Waals surface area (Å²) in [6, 6.07) is 14.5. The Kier molecular flexibility index (Phi) is 6.46. The van der Waals surface area contributed by atoms with Gasteiger partial charge in [0.15, 0.2) is 0 Å². The van der Waals surface area contributed by atoms with Gasteiger partial charge in [0.1, 0.15) is 12.6 Å². The molecule has 1 aliphatic heterocycles. The molecule has 0 aromatic heterocycles. The molecular weight excluding hydrogens is 386 g/mol. The van der Waals surface area contributed by atoms with E-state index in [1.54, 1.807) is 12.1 Å². The van der Waals surface area contributed by atoms with Gasteiger partial charge in [0.25, 0.3) is 17.7 Å². The largest absolute Gasteiger partial charge is 0.445 e. The smallest absolute Gasteiger partial charge is 0.408 e. The van der Waals surface area contributed by atoms with Crippen LogP contribution in [0, 0.1) is 5.92 Å². The van der Waals surface area contributed by atoms with Gasteiger partial charge >= 0.3 is 6.09 Å². The van der Waals surface area contributed by atoms with Crippen LogP contribution in [0.3, 0.4) is 0 Å². The number of hydrogen-bond donors (Lipinski definition) is 2. The Balaban J connectivity index is 1.63. The van der Waals surface area contributed by atoms with E-state index >= 15 is 0 Å². The van der Waals surface area contributed by atoms with Gasteiger partial charge < -0.3 is 10.1 Å². The minimum Gasteiger partial charge on any atom is -0.445 e. The van der Waals surface area contributed by atoms with E-state index in [4.69, 9.17) is 4.74 Å². The number of hydrogen-bond acceptors (Lipinski definition) is 5. The van der Waals surface area contributed by atoms with Crippen LogP contribution in [-0.2, 0) is 16.1 Å². The molecule has 0 saturated carbocycles. The van der Waals surface area contributed by atoms with Crippen LogP contribution >= 0.6 is 0 Å². The van der Waals surface area contributed by atoms with Gasteiger partial charge in [-0.15, -0.1) is 0 Å². The highest BCUT2D eigenvalue weighted by atomic mass is 16.5. The number of carbonyl (C=O) groups excluding carboxylic acids is 4. The van der Waals surface area contributed by atoms with Crippen molar-refractivity contribution in [3.05, 3.63) is 71.3 Å². The zero-order valence-electron chi connectivity index (χ0n) is 16.8. The lowest BCUT2D eigenvalue weighted by Crippen LogP contribution is -2.54. The first kappa shape index (κ1) is 21.0. The lowest BCUT2D eigenvalue weighted by Gasteiger charge is -2.23. The third-order valence-corrected chi connectivity index (χ3v) is 4.54. The molecule has 1 atom stereocenters. The third kappa shape index (κ3) is 4.83.